The Kier molecular flexibility index (Phi) is 4.47. The molecule has 0 fully saturated rings. The summed E-state index contributed by atoms with van der Waals surface area (Å²) >= 11 is 0. The molecule has 0 unspecified atom stereocenters. The molecule has 3 rings (SSSR count). The topological polar surface area (TPSA) is 92.9 Å². The first-order valence-electron chi connectivity index (χ1n) is 7.86. The Morgan fingerprint density at radius 2 is 1.76 bits per heavy atom. The molecule has 0 aliphatic carbocycles. The largest absolute Gasteiger partial charge is 0.360 e. The smallest absolute Gasteiger partial charge is 0.274 e. The summed E-state index contributed by atoms with van der Waals surface area (Å²) in [5, 5.41) is 9.71. The summed E-state index contributed by atoms with van der Waals surface area (Å²) < 4.78 is 5.00. The van der Waals surface area contributed by atoms with Gasteiger partial charge < -0.3 is 15.2 Å². The fourth-order valence-corrected chi connectivity index (χ4v) is 2.47. The fraction of sp³-hybridized carbons (Fsp3) is 0.222. The van der Waals surface area contributed by atoms with Crippen molar-refractivity contribution in [2.24, 2.45) is 0 Å². The molecule has 7 nitrogen and oxygen atoms in total. The lowest BCUT2D eigenvalue weighted by molar-refractivity contribution is 0.102. The number of para-hydroxylation sites is 1. The van der Waals surface area contributed by atoms with Crippen LogP contribution in [0.4, 0.5) is 17.5 Å². The average molecular weight is 337 g/mol. The van der Waals surface area contributed by atoms with Crippen molar-refractivity contribution in [1.82, 2.24) is 15.1 Å². The van der Waals surface area contributed by atoms with Gasteiger partial charge in [-0.1, -0.05) is 23.4 Å². The number of rotatable bonds is 4. The number of hydrogen-bond acceptors (Lipinski definition) is 6. The number of benzene rings is 1. The Hall–Kier alpha value is -3.22. The van der Waals surface area contributed by atoms with Crippen LogP contribution in [0.25, 0.3) is 0 Å². The third kappa shape index (κ3) is 3.82. The molecule has 1 amide bonds. The number of nitrogens with zero attached hydrogens (tertiary/aromatic N) is 3. The molecule has 0 saturated carbocycles. The normalized spacial score (nSPS) is 10.6. The number of carbonyl (C=O) groups is 1. The van der Waals surface area contributed by atoms with Crippen molar-refractivity contribution >= 4 is 23.4 Å². The van der Waals surface area contributed by atoms with Gasteiger partial charge in [-0.3, -0.25) is 4.79 Å². The molecule has 7 heteroatoms. The monoisotopic (exact) mass is 337 g/mol. The molecule has 0 bridgehead atoms. The van der Waals surface area contributed by atoms with E-state index in [-0.39, 0.29) is 11.6 Å². The molecule has 0 atom stereocenters. The van der Waals surface area contributed by atoms with Gasteiger partial charge in [0.25, 0.3) is 5.91 Å². The quantitative estimate of drug-likeness (QED) is 0.754. The predicted octanol–water partition coefficient (Wildman–Crippen LogP) is 3.69. The molecule has 128 valence electrons. The highest BCUT2D eigenvalue weighted by Crippen LogP contribution is 2.20. The van der Waals surface area contributed by atoms with E-state index in [4.69, 9.17) is 4.52 Å². The Balaban J connectivity index is 1.85. The van der Waals surface area contributed by atoms with Crippen LogP contribution in [0, 0.1) is 27.7 Å². The van der Waals surface area contributed by atoms with Gasteiger partial charge in [0.2, 0.25) is 5.95 Å². The van der Waals surface area contributed by atoms with Gasteiger partial charge >= 0.3 is 0 Å². The zero-order valence-electron chi connectivity index (χ0n) is 14.5. The van der Waals surface area contributed by atoms with Gasteiger partial charge in [-0.25, -0.2) is 9.97 Å². The van der Waals surface area contributed by atoms with Crippen molar-refractivity contribution in [3.63, 3.8) is 0 Å². The molecule has 0 aliphatic rings. The Labute approximate surface area is 145 Å². The molecule has 1 aromatic carbocycles. The summed E-state index contributed by atoms with van der Waals surface area (Å²) in [4.78, 5) is 21.2. The Morgan fingerprint density at radius 3 is 2.40 bits per heavy atom. The number of nitrogens with one attached hydrogen (secondary N) is 2. The van der Waals surface area contributed by atoms with Crippen molar-refractivity contribution in [3.05, 3.63) is 58.6 Å². The highest BCUT2D eigenvalue weighted by Gasteiger charge is 2.14. The number of anilines is 3. The van der Waals surface area contributed by atoms with E-state index in [1.54, 1.807) is 26.0 Å². The van der Waals surface area contributed by atoms with Crippen LogP contribution in [-0.4, -0.2) is 21.0 Å². The average Bonchev–Trinajstić information content (AvgIpc) is 2.95. The van der Waals surface area contributed by atoms with Gasteiger partial charge in [0.1, 0.15) is 11.5 Å². The lowest BCUT2D eigenvalue weighted by Gasteiger charge is -2.12. The molecule has 0 radical (unpaired) electrons. The summed E-state index contributed by atoms with van der Waals surface area (Å²) in [5.41, 5.74) is 3.73. The molecule has 0 aliphatic heterocycles. The van der Waals surface area contributed by atoms with E-state index < -0.39 is 0 Å². The summed E-state index contributed by atoms with van der Waals surface area (Å²) in [7, 11) is 0. The molecule has 3 aromatic rings. The van der Waals surface area contributed by atoms with E-state index in [1.165, 1.54) is 0 Å². The summed E-state index contributed by atoms with van der Waals surface area (Å²) in [5.74, 6) is 1.16. The maximum absolute atomic E-state index is 12.6. The van der Waals surface area contributed by atoms with Crippen LogP contribution < -0.4 is 10.6 Å². The van der Waals surface area contributed by atoms with E-state index in [0.717, 1.165) is 16.8 Å². The van der Waals surface area contributed by atoms with Crippen molar-refractivity contribution in [3.8, 4) is 0 Å². The van der Waals surface area contributed by atoms with Crippen molar-refractivity contribution in [2.45, 2.75) is 27.7 Å². The first-order chi connectivity index (χ1) is 11.9. The van der Waals surface area contributed by atoms with E-state index in [9.17, 15) is 4.79 Å². The molecular weight excluding hydrogens is 318 g/mol. The Bertz CT molecular complexity index is 913. The molecule has 0 saturated heterocycles. The summed E-state index contributed by atoms with van der Waals surface area (Å²) in [6, 6.07) is 9.23. The van der Waals surface area contributed by atoms with Crippen LogP contribution in [0.1, 0.15) is 33.1 Å². The van der Waals surface area contributed by atoms with Gasteiger partial charge in [0, 0.05) is 17.4 Å². The Morgan fingerprint density at radius 1 is 1.04 bits per heavy atom. The first-order valence-corrected chi connectivity index (χ1v) is 7.86. The first kappa shape index (κ1) is 16.6. The van der Waals surface area contributed by atoms with Crippen LogP contribution in [0.3, 0.4) is 0 Å². The number of aryl methyl sites for hydroxylation is 4. The SMILES string of the molecule is Cc1cc(C(=O)Nc2c(C)cccc2C)nc(Nc2cc(C)on2)n1. The second-order valence-electron chi connectivity index (χ2n) is 5.89. The van der Waals surface area contributed by atoms with Crippen LogP contribution in [0.15, 0.2) is 34.9 Å². The van der Waals surface area contributed by atoms with Crippen molar-refractivity contribution in [2.75, 3.05) is 10.6 Å². The van der Waals surface area contributed by atoms with Crippen molar-refractivity contribution < 1.29 is 9.32 Å². The fourth-order valence-electron chi connectivity index (χ4n) is 2.47. The molecular formula is C18H19N5O2. The van der Waals surface area contributed by atoms with Crippen LogP contribution in [-0.2, 0) is 0 Å². The minimum Gasteiger partial charge on any atom is -0.360 e. The van der Waals surface area contributed by atoms with E-state index in [0.29, 0.717) is 23.2 Å². The van der Waals surface area contributed by atoms with Crippen molar-refractivity contribution in [1.29, 1.82) is 0 Å². The van der Waals surface area contributed by atoms with Crippen LogP contribution in [0.5, 0.6) is 0 Å². The van der Waals surface area contributed by atoms with Gasteiger partial charge in [0.05, 0.1) is 0 Å². The molecule has 0 spiro atoms. The summed E-state index contributed by atoms with van der Waals surface area (Å²) in [6.45, 7) is 7.50. The van der Waals surface area contributed by atoms with Crippen LogP contribution >= 0.6 is 0 Å². The van der Waals surface area contributed by atoms with E-state index in [1.807, 2.05) is 32.0 Å². The number of carbonyl (C=O) groups excluding carboxylic acids is 1. The third-order valence-electron chi connectivity index (χ3n) is 3.67. The lowest BCUT2D eigenvalue weighted by Crippen LogP contribution is -2.17. The molecule has 25 heavy (non-hydrogen) atoms. The second kappa shape index (κ2) is 6.72. The van der Waals surface area contributed by atoms with Gasteiger partial charge in [0.15, 0.2) is 5.82 Å². The molecule has 2 aromatic heterocycles. The zero-order chi connectivity index (χ0) is 18.0. The molecule has 2 N–H and O–H groups in total. The highest BCUT2D eigenvalue weighted by molar-refractivity contribution is 6.04. The predicted molar refractivity (Wildman–Crippen MR) is 95.2 cm³/mol. The van der Waals surface area contributed by atoms with E-state index in [2.05, 4.69) is 25.8 Å². The van der Waals surface area contributed by atoms with Gasteiger partial charge in [-0.05, 0) is 44.9 Å². The van der Waals surface area contributed by atoms with E-state index >= 15 is 0 Å². The standard InChI is InChI=1S/C18H19N5O2/c1-10-6-5-7-11(2)16(10)22-17(24)14-8-12(3)19-18(20-14)21-15-9-13(4)25-23-15/h5-9H,1-4H3,(H,22,24)(H,19,20,21,23). The highest BCUT2D eigenvalue weighted by atomic mass is 16.5. The molecule has 2 heterocycles. The number of amides is 1. The maximum atomic E-state index is 12.6. The van der Waals surface area contributed by atoms with Crippen LogP contribution in [0.2, 0.25) is 0 Å². The summed E-state index contributed by atoms with van der Waals surface area (Å²) in [6.07, 6.45) is 0. The minimum absolute atomic E-state index is 0.276. The number of aromatic nitrogens is 3. The number of hydrogen-bond donors (Lipinski definition) is 2. The maximum Gasteiger partial charge on any atom is 0.274 e. The van der Waals surface area contributed by atoms with Gasteiger partial charge in [-0.15, -0.1) is 0 Å². The second-order valence-corrected chi connectivity index (χ2v) is 5.89. The lowest BCUT2D eigenvalue weighted by atomic mass is 10.1. The third-order valence-corrected chi connectivity index (χ3v) is 3.67. The zero-order valence-corrected chi connectivity index (χ0v) is 14.5. The minimum atomic E-state index is -0.290. The van der Waals surface area contributed by atoms with Gasteiger partial charge in [-0.2, -0.15) is 0 Å².